The number of hydrogen-bond acceptors (Lipinski definition) is 4. The maximum absolute atomic E-state index is 12.4. The Bertz CT molecular complexity index is 1070. The second-order valence-electron chi connectivity index (χ2n) is 6.22. The molecular formula is C21H18N4O2. The molecule has 2 heterocycles. The molecule has 0 bridgehead atoms. The van der Waals surface area contributed by atoms with Gasteiger partial charge in [0.2, 0.25) is 11.8 Å². The molecule has 1 amide bonds. The van der Waals surface area contributed by atoms with Gasteiger partial charge in [0.1, 0.15) is 12.2 Å². The minimum Gasteiger partial charge on any atom is -0.415 e. The minimum absolute atomic E-state index is 0.124. The van der Waals surface area contributed by atoms with Gasteiger partial charge in [-0.1, -0.05) is 30.3 Å². The van der Waals surface area contributed by atoms with E-state index in [9.17, 15) is 4.79 Å². The van der Waals surface area contributed by atoms with Gasteiger partial charge in [0.15, 0.2) is 0 Å². The van der Waals surface area contributed by atoms with Gasteiger partial charge in [0.05, 0.1) is 0 Å². The third-order valence-corrected chi connectivity index (χ3v) is 4.11. The van der Waals surface area contributed by atoms with E-state index < -0.39 is 0 Å². The van der Waals surface area contributed by atoms with E-state index in [-0.39, 0.29) is 12.5 Å². The molecule has 4 rings (SSSR count). The van der Waals surface area contributed by atoms with Gasteiger partial charge in [-0.2, -0.15) is 0 Å². The lowest BCUT2D eigenvalue weighted by Gasteiger charge is -2.08. The molecule has 0 radical (unpaired) electrons. The fraction of sp³-hybridized carbons (Fsp3) is 0.0952. The number of rotatable bonds is 5. The van der Waals surface area contributed by atoms with Crippen LogP contribution in [0.1, 0.15) is 5.56 Å². The van der Waals surface area contributed by atoms with Crippen LogP contribution in [-0.2, 0) is 11.3 Å². The van der Waals surface area contributed by atoms with Crippen molar-refractivity contribution in [3.05, 3.63) is 78.5 Å². The van der Waals surface area contributed by atoms with Crippen LogP contribution in [0.5, 0.6) is 0 Å². The van der Waals surface area contributed by atoms with Gasteiger partial charge in [-0.3, -0.25) is 4.79 Å². The van der Waals surface area contributed by atoms with E-state index in [1.807, 2.05) is 79.9 Å². The molecule has 0 aliphatic heterocycles. The van der Waals surface area contributed by atoms with Gasteiger partial charge in [0, 0.05) is 17.4 Å². The lowest BCUT2D eigenvalue weighted by atomic mass is 10.2. The Hall–Kier alpha value is -3.67. The molecule has 1 N–H and O–H groups in total. The van der Waals surface area contributed by atoms with Gasteiger partial charge >= 0.3 is 0 Å². The summed E-state index contributed by atoms with van der Waals surface area (Å²) in [6, 6.07) is 21.0. The summed E-state index contributed by atoms with van der Waals surface area (Å²) < 4.78 is 7.58. The Labute approximate surface area is 156 Å². The summed E-state index contributed by atoms with van der Waals surface area (Å²) in [4.78, 5) is 12.4. The second kappa shape index (κ2) is 7.29. The lowest BCUT2D eigenvalue weighted by Crippen LogP contribution is -2.18. The van der Waals surface area contributed by atoms with Crippen LogP contribution in [0.3, 0.4) is 0 Å². The number of nitrogens with zero attached hydrogens (tertiary/aromatic N) is 3. The highest BCUT2D eigenvalue weighted by Gasteiger charge is 2.15. The first-order valence-electron chi connectivity index (χ1n) is 8.60. The number of nitrogens with one attached hydrogen (secondary N) is 1. The first-order valence-corrected chi connectivity index (χ1v) is 8.60. The van der Waals surface area contributed by atoms with E-state index in [0.717, 1.165) is 16.8 Å². The van der Waals surface area contributed by atoms with Crippen LogP contribution in [0.2, 0.25) is 0 Å². The van der Waals surface area contributed by atoms with Crippen molar-refractivity contribution in [1.29, 1.82) is 0 Å². The van der Waals surface area contributed by atoms with Crippen molar-refractivity contribution >= 4 is 11.6 Å². The number of hydrogen-bond donors (Lipinski definition) is 1. The van der Waals surface area contributed by atoms with Crippen molar-refractivity contribution in [2.24, 2.45) is 0 Å². The predicted octanol–water partition coefficient (Wildman–Crippen LogP) is 4.15. The summed E-state index contributed by atoms with van der Waals surface area (Å²) >= 11 is 0. The number of carbonyl (C=O) groups is 1. The standard InChI is InChI=1S/C21H18N4O2/c1-15-7-5-10-17(13-15)22-19(26)14-25-12-6-11-18(25)21-24-23-20(27-21)16-8-3-2-4-9-16/h2-13H,14H2,1H3,(H,22,26). The van der Waals surface area contributed by atoms with Crippen LogP contribution in [0.25, 0.3) is 23.0 Å². The summed E-state index contributed by atoms with van der Waals surface area (Å²) in [6.07, 6.45) is 1.82. The van der Waals surface area contributed by atoms with E-state index in [1.54, 1.807) is 4.57 Å². The molecule has 4 aromatic rings. The van der Waals surface area contributed by atoms with Gasteiger partial charge < -0.3 is 14.3 Å². The molecule has 2 aromatic heterocycles. The van der Waals surface area contributed by atoms with Crippen molar-refractivity contribution in [3.63, 3.8) is 0 Å². The highest BCUT2D eigenvalue weighted by Crippen LogP contribution is 2.24. The zero-order valence-corrected chi connectivity index (χ0v) is 14.8. The third kappa shape index (κ3) is 3.79. The van der Waals surface area contributed by atoms with Crippen LogP contribution in [0.15, 0.2) is 77.3 Å². The molecule has 0 atom stereocenters. The maximum atomic E-state index is 12.4. The van der Waals surface area contributed by atoms with E-state index in [2.05, 4.69) is 15.5 Å². The summed E-state index contributed by atoms with van der Waals surface area (Å²) in [5.74, 6) is 0.700. The maximum Gasteiger partial charge on any atom is 0.264 e. The molecule has 6 heteroatoms. The monoisotopic (exact) mass is 358 g/mol. The van der Waals surface area contributed by atoms with Crippen molar-refractivity contribution < 1.29 is 9.21 Å². The summed E-state index contributed by atoms with van der Waals surface area (Å²) in [5.41, 5.74) is 3.42. The van der Waals surface area contributed by atoms with Gasteiger partial charge in [-0.25, -0.2) is 0 Å². The minimum atomic E-state index is -0.124. The molecule has 0 fully saturated rings. The van der Waals surface area contributed by atoms with Gasteiger partial charge in [-0.05, 0) is 48.9 Å². The number of carbonyl (C=O) groups excluding carboxylic acids is 1. The average molecular weight is 358 g/mol. The van der Waals surface area contributed by atoms with E-state index in [0.29, 0.717) is 17.5 Å². The Morgan fingerprint density at radius 1 is 1.00 bits per heavy atom. The molecular weight excluding hydrogens is 340 g/mol. The Balaban J connectivity index is 1.51. The summed E-state index contributed by atoms with van der Waals surface area (Å²) in [6.45, 7) is 2.14. The fourth-order valence-electron chi connectivity index (χ4n) is 2.85. The number of anilines is 1. The van der Waals surface area contributed by atoms with Crippen LogP contribution in [-0.4, -0.2) is 20.7 Å². The zero-order chi connectivity index (χ0) is 18.6. The zero-order valence-electron chi connectivity index (χ0n) is 14.8. The van der Waals surface area contributed by atoms with Crippen LogP contribution in [0.4, 0.5) is 5.69 Å². The summed E-state index contributed by atoms with van der Waals surface area (Å²) in [5, 5.41) is 11.1. The molecule has 0 spiro atoms. The Kier molecular flexibility index (Phi) is 4.53. The highest BCUT2D eigenvalue weighted by molar-refractivity contribution is 5.90. The van der Waals surface area contributed by atoms with Crippen molar-refractivity contribution in [1.82, 2.24) is 14.8 Å². The number of aromatic nitrogens is 3. The summed E-state index contributed by atoms with van der Waals surface area (Å²) in [7, 11) is 0. The van der Waals surface area contributed by atoms with Crippen molar-refractivity contribution in [3.8, 4) is 23.0 Å². The molecule has 0 unspecified atom stereocenters. The lowest BCUT2D eigenvalue weighted by molar-refractivity contribution is -0.116. The highest BCUT2D eigenvalue weighted by atomic mass is 16.4. The number of amides is 1. The molecule has 27 heavy (non-hydrogen) atoms. The van der Waals surface area contributed by atoms with Crippen molar-refractivity contribution in [2.45, 2.75) is 13.5 Å². The Morgan fingerprint density at radius 3 is 2.63 bits per heavy atom. The fourth-order valence-corrected chi connectivity index (χ4v) is 2.85. The number of benzene rings is 2. The molecule has 0 saturated heterocycles. The van der Waals surface area contributed by atoms with Crippen LogP contribution >= 0.6 is 0 Å². The molecule has 134 valence electrons. The normalized spacial score (nSPS) is 10.7. The number of aryl methyl sites for hydroxylation is 1. The third-order valence-electron chi connectivity index (χ3n) is 4.11. The van der Waals surface area contributed by atoms with Gasteiger partial charge in [-0.15, -0.1) is 10.2 Å². The van der Waals surface area contributed by atoms with E-state index >= 15 is 0 Å². The van der Waals surface area contributed by atoms with Crippen LogP contribution in [0, 0.1) is 6.92 Å². The first kappa shape index (κ1) is 16.8. The average Bonchev–Trinajstić information content (AvgIpc) is 3.31. The van der Waals surface area contributed by atoms with Crippen molar-refractivity contribution in [2.75, 3.05) is 5.32 Å². The van der Waals surface area contributed by atoms with E-state index in [1.165, 1.54) is 0 Å². The topological polar surface area (TPSA) is 73.0 Å². The van der Waals surface area contributed by atoms with Gasteiger partial charge in [0.25, 0.3) is 5.89 Å². The quantitative estimate of drug-likeness (QED) is 0.582. The second-order valence-corrected chi connectivity index (χ2v) is 6.22. The smallest absolute Gasteiger partial charge is 0.264 e. The Morgan fingerprint density at radius 2 is 1.81 bits per heavy atom. The molecule has 6 nitrogen and oxygen atoms in total. The predicted molar refractivity (Wildman–Crippen MR) is 103 cm³/mol. The van der Waals surface area contributed by atoms with Crippen LogP contribution < -0.4 is 5.32 Å². The largest absolute Gasteiger partial charge is 0.415 e. The SMILES string of the molecule is Cc1cccc(NC(=O)Cn2cccc2-c2nnc(-c3ccccc3)o2)c1. The molecule has 2 aromatic carbocycles. The first-order chi connectivity index (χ1) is 13.2. The molecule has 0 aliphatic rings. The molecule has 0 saturated carbocycles. The molecule has 0 aliphatic carbocycles. The van der Waals surface area contributed by atoms with E-state index in [4.69, 9.17) is 4.42 Å².